The van der Waals surface area contributed by atoms with E-state index in [1.165, 1.54) is 0 Å². The first-order chi connectivity index (χ1) is 5.86. The van der Waals surface area contributed by atoms with Crippen LogP contribution in [0.15, 0.2) is 18.3 Å². The fourth-order valence-electron chi connectivity index (χ4n) is 1.29. The molecule has 0 bridgehead atoms. The number of nitrogens with zero attached hydrogens (tertiary/aromatic N) is 3. The zero-order valence-electron chi connectivity index (χ0n) is 6.60. The summed E-state index contributed by atoms with van der Waals surface area (Å²) in [7, 11) is 0. The summed E-state index contributed by atoms with van der Waals surface area (Å²) in [5.41, 5.74) is 0. The van der Waals surface area contributed by atoms with Gasteiger partial charge in [-0.05, 0) is 12.1 Å². The summed E-state index contributed by atoms with van der Waals surface area (Å²) in [5.74, 6) is 1.07. The number of anilines is 1. The van der Waals surface area contributed by atoms with Crippen LogP contribution in [0.2, 0.25) is 0 Å². The van der Waals surface area contributed by atoms with Crippen LogP contribution in [0.25, 0.3) is 0 Å². The number of rotatable bonds is 1. The Bertz CT molecular complexity index is 286. The molecule has 1 aliphatic heterocycles. The predicted molar refractivity (Wildman–Crippen MR) is 43.9 cm³/mol. The summed E-state index contributed by atoms with van der Waals surface area (Å²) in [4.78, 5) is 12.9. The van der Waals surface area contributed by atoms with E-state index < -0.39 is 0 Å². The van der Waals surface area contributed by atoms with Crippen LogP contribution in [0, 0.1) is 0 Å². The van der Waals surface area contributed by atoms with Crippen molar-refractivity contribution in [1.29, 1.82) is 0 Å². The molecule has 1 aliphatic rings. The van der Waals surface area contributed by atoms with Crippen molar-refractivity contribution in [3.63, 3.8) is 0 Å². The molecule has 0 saturated carbocycles. The van der Waals surface area contributed by atoms with Gasteiger partial charge in [0, 0.05) is 19.2 Å². The van der Waals surface area contributed by atoms with Gasteiger partial charge in [0.2, 0.25) is 0 Å². The molecule has 0 atom stereocenters. The molecule has 2 rings (SSSR count). The minimum atomic E-state index is 0.278. The molecule has 12 heavy (non-hydrogen) atoms. The first-order valence-corrected chi connectivity index (χ1v) is 3.90. The summed E-state index contributed by atoms with van der Waals surface area (Å²) < 4.78 is 0. The van der Waals surface area contributed by atoms with Gasteiger partial charge in [-0.3, -0.25) is 4.79 Å². The summed E-state index contributed by atoms with van der Waals surface area (Å²) in [6.45, 7) is 1.26. The molecule has 1 saturated heterocycles. The summed E-state index contributed by atoms with van der Waals surface area (Å²) >= 11 is 0. The zero-order valence-corrected chi connectivity index (χ0v) is 6.60. The lowest BCUT2D eigenvalue weighted by Crippen LogP contribution is -2.20. The number of carbonyl (C=O) groups is 1. The average Bonchev–Trinajstić information content (AvgIpc) is 2.54. The van der Waals surface area contributed by atoms with Gasteiger partial charge in [-0.1, -0.05) is 0 Å². The van der Waals surface area contributed by atoms with Crippen molar-refractivity contribution >= 4 is 11.6 Å². The number of hydrogen-bond acceptors (Lipinski definition) is 4. The van der Waals surface area contributed by atoms with Crippen molar-refractivity contribution in [2.24, 2.45) is 0 Å². The van der Waals surface area contributed by atoms with Crippen LogP contribution in [0.5, 0.6) is 0 Å². The lowest BCUT2D eigenvalue weighted by Gasteiger charge is -2.12. The van der Waals surface area contributed by atoms with Crippen molar-refractivity contribution in [3.8, 4) is 0 Å². The van der Waals surface area contributed by atoms with Gasteiger partial charge in [-0.2, -0.15) is 5.10 Å². The number of hydrogen-bond donors (Lipinski definition) is 0. The highest BCUT2D eigenvalue weighted by atomic mass is 16.1. The second kappa shape index (κ2) is 2.89. The van der Waals surface area contributed by atoms with E-state index in [-0.39, 0.29) is 5.78 Å². The third kappa shape index (κ3) is 1.28. The molecule has 62 valence electrons. The molecule has 0 amide bonds. The van der Waals surface area contributed by atoms with E-state index >= 15 is 0 Å². The van der Waals surface area contributed by atoms with Crippen LogP contribution >= 0.6 is 0 Å². The minimum absolute atomic E-state index is 0.278. The second-order valence-corrected chi connectivity index (χ2v) is 2.79. The third-order valence-electron chi connectivity index (χ3n) is 1.91. The maximum absolute atomic E-state index is 10.9. The second-order valence-electron chi connectivity index (χ2n) is 2.79. The Morgan fingerprint density at radius 1 is 1.50 bits per heavy atom. The highest BCUT2D eigenvalue weighted by Crippen LogP contribution is 2.13. The molecule has 1 fully saturated rings. The molecule has 1 aromatic heterocycles. The van der Waals surface area contributed by atoms with Gasteiger partial charge in [0.1, 0.15) is 0 Å². The molecule has 0 aliphatic carbocycles. The topological polar surface area (TPSA) is 46.1 Å². The van der Waals surface area contributed by atoms with E-state index in [1.807, 2.05) is 17.0 Å². The Morgan fingerprint density at radius 2 is 2.42 bits per heavy atom. The fraction of sp³-hybridized carbons (Fsp3) is 0.375. The molecular formula is C8H9N3O. The monoisotopic (exact) mass is 163 g/mol. The van der Waals surface area contributed by atoms with E-state index in [2.05, 4.69) is 10.2 Å². The van der Waals surface area contributed by atoms with Crippen molar-refractivity contribution < 1.29 is 4.79 Å². The highest BCUT2D eigenvalue weighted by Gasteiger charge is 2.19. The van der Waals surface area contributed by atoms with Gasteiger partial charge in [0.25, 0.3) is 0 Å². The molecule has 1 aromatic rings. The quantitative estimate of drug-likeness (QED) is 0.595. The molecule has 4 heteroatoms. The SMILES string of the molecule is O=C1CCN(c2cccnn2)C1. The van der Waals surface area contributed by atoms with Gasteiger partial charge < -0.3 is 4.90 Å². The van der Waals surface area contributed by atoms with Crippen molar-refractivity contribution in [2.45, 2.75) is 6.42 Å². The lowest BCUT2D eigenvalue weighted by molar-refractivity contribution is -0.116. The lowest BCUT2D eigenvalue weighted by atomic mass is 10.4. The molecule has 0 unspecified atom stereocenters. The van der Waals surface area contributed by atoms with Gasteiger partial charge in [-0.25, -0.2) is 0 Å². The standard InChI is InChI=1S/C8H9N3O/c12-7-3-5-11(6-7)8-2-1-4-9-10-8/h1-2,4H,3,5-6H2. The van der Waals surface area contributed by atoms with Crippen LogP contribution in [0.4, 0.5) is 5.82 Å². The Hall–Kier alpha value is -1.45. The Labute approximate surface area is 70.2 Å². The van der Waals surface area contributed by atoms with Crippen LogP contribution in [0.3, 0.4) is 0 Å². The van der Waals surface area contributed by atoms with E-state index in [0.29, 0.717) is 13.0 Å². The van der Waals surface area contributed by atoms with Crippen LogP contribution in [-0.2, 0) is 4.79 Å². The summed E-state index contributed by atoms with van der Waals surface area (Å²) in [5, 5.41) is 7.67. The van der Waals surface area contributed by atoms with E-state index in [4.69, 9.17) is 0 Å². The van der Waals surface area contributed by atoms with Crippen molar-refractivity contribution in [1.82, 2.24) is 10.2 Å². The van der Waals surface area contributed by atoms with E-state index in [9.17, 15) is 4.79 Å². The largest absolute Gasteiger partial charge is 0.347 e. The molecule has 4 nitrogen and oxygen atoms in total. The first-order valence-electron chi connectivity index (χ1n) is 3.90. The maximum atomic E-state index is 10.9. The molecular weight excluding hydrogens is 154 g/mol. The molecule has 0 spiro atoms. The van der Waals surface area contributed by atoms with Crippen LogP contribution in [0.1, 0.15) is 6.42 Å². The van der Waals surface area contributed by atoms with Gasteiger partial charge >= 0.3 is 0 Å². The smallest absolute Gasteiger partial charge is 0.153 e. The summed E-state index contributed by atoms with van der Waals surface area (Å²) in [6.07, 6.45) is 2.26. The normalized spacial score (nSPS) is 17.0. The predicted octanol–water partition coefficient (Wildman–Crippen LogP) is 0.256. The Kier molecular flexibility index (Phi) is 1.74. The fourth-order valence-corrected chi connectivity index (χ4v) is 1.29. The van der Waals surface area contributed by atoms with Gasteiger partial charge in [0.15, 0.2) is 11.6 Å². The van der Waals surface area contributed by atoms with Crippen LogP contribution < -0.4 is 4.90 Å². The zero-order chi connectivity index (χ0) is 8.39. The first kappa shape index (κ1) is 7.21. The third-order valence-corrected chi connectivity index (χ3v) is 1.91. The van der Waals surface area contributed by atoms with Crippen LogP contribution in [-0.4, -0.2) is 29.1 Å². The van der Waals surface area contributed by atoms with Crippen molar-refractivity contribution in [2.75, 3.05) is 18.0 Å². The maximum Gasteiger partial charge on any atom is 0.153 e. The Balaban J connectivity index is 2.16. The molecule has 0 aromatic carbocycles. The average molecular weight is 163 g/mol. The Morgan fingerprint density at radius 3 is 3.00 bits per heavy atom. The molecule has 0 N–H and O–H groups in total. The number of aromatic nitrogens is 2. The number of ketones is 1. The highest BCUT2D eigenvalue weighted by molar-refractivity contribution is 5.86. The van der Waals surface area contributed by atoms with Crippen molar-refractivity contribution in [3.05, 3.63) is 18.3 Å². The van der Waals surface area contributed by atoms with E-state index in [1.54, 1.807) is 6.20 Å². The van der Waals surface area contributed by atoms with Gasteiger partial charge in [-0.15, -0.1) is 5.10 Å². The number of Topliss-reactive ketones (excluding diaryl/α,β-unsaturated/α-hetero) is 1. The van der Waals surface area contributed by atoms with E-state index in [0.717, 1.165) is 12.4 Å². The number of carbonyl (C=O) groups excluding carboxylic acids is 1. The molecule has 2 heterocycles. The van der Waals surface area contributed by atoms with Gasteiger partial charge in [0.05, 0.1) is 6.54 Å². The molecule has 0 radical (unpaired) electrons. The summed E-state index contributed by atoms with van der Waals surface area (Å²) in [6, 6.07) is 3.69. The minimum Gasteiger partial charge on any atom is -0.347 e.